The van der Waals surface area contributed by atoms with Gasteiger partial charge < -0.3 is 10.6 Å². The van der Waals surface area contributed by atoms with Crippen molar-refractivity contribution >= 4 is 11.6 Å². The lowest BCUT2D eigenvalue weighted by Gasteiger charge is -2.13. The van der Waals surface area contributed by atoms with E-state index in [1.807, 2.05) is 0 Å². The van der Waals surface area contributed by atoms with Gasteiger partial charge in [-0.15, -0.1) is 0 Å². The van der Waals surface area contributed by atoms with E-state index in [9.17, 15) is 0 Å². The minimum Gasteiger partial charge on any atom is -0.370 e. The molecule has 3 saturated carbocycles. The van der Waals surface area contributed by atoms with Gasteiger partial charge in [0, 0.05) is 25.1 Å². The normalized spacial score (nSPS) is 35.6. The van der Waals surface area contributed by atoms with Crippen molar-refractivity contribution in [1.29, 1.82) is 0 Å². The molecule has 1 aromatic heterocycles. The van der Waals surface area contributed by atoms with Gasteiger partial charge in [0.15, 0.2) is 0 Å². The molecule has 4 unspecified atom stereocenters. The third-order valence-corrected chi connectivity index (χ3v) is 5.65. The minimum atomic E-state index is 0.690. The van der Waals surface area contributed by atoms with Crippen molar-refractivity contribution in [3.8, 4) is 0 Å². The number of aryl methyl sites for hydroxylation is 1. The first-order chi connectivity index (χ1) is 10.3. The molecule has 3 aliphatic rings. The van der Waals surface area contributed by atoms with Crippen LogP contribution in [-0.2, 0) is 6.42 Å². The third-order valence-electron chi connectivity index (χ3n) is 5.65. The summed E-state index contributed by atoms with van der Waals surface area (Å²) < 4.78 is 0. The fraction of sp³-hybridized carbons (Fsp3) is 0.765. The van der Waals surface area contributed by atoms with E-state index in [0.717, 1.165) is 60.5 Å². The summed E-state index contributed by atoms with van der Waals surface area (Å²) in [5.74, 6) is 6.85. The summed E-state index contributed by atoms with van der Waals surface area (Å²) in [5, 5.41) is 7.05. The first-order valence-electron chi connectivity index (χ1n) is 8.68. The lowest BCUT2D eigenvalue weighted by Crippen LogP contribution is -2.15. The molecule has 1 aromatic rings. The van der Waals surface area contributed by atoms with Gasteiger partial charge in [-0.05, 0) is 56.3 Å². The van der Waals surface area contributed by atoms with Crippen LogP contribution in [0.15, 0.2) is 6.07 Å². The van der Waals surface area contributed by atoms with E-state index in [1.54, 1.807) is 0 Å². The topological polar surface area (TPSA) is 49.8 Å². The van der Waals surface area contributed by atoms with Crippen molar-refractivity contribution in [2.75, 3.05) is 17.2 Å². The van der Waals surface area contributed by atoms with Crippen molar-refractivity contribution < 1.29 is 0 Å². The quantitative estimate of drug-likeness (QED) is 0.842. The lowest BCUT2D eigenvalue weighted by atomic mass is 10.0. The predicted molar refractivity (Wildman–Crippen MR) is 85.4 cm³/mol. The van der Waals surface area contributed by atoms with Gasteiger partial charge in [-0.25, -0.2) is 9.97 Å². The van der Waals surface area contributed by atoms with Crippen LogP contribution < -0.4 is 10.6 Å². The van der Waals surface area contributed by atoms with E-state index in [1.165, 1.54) is 19.3 Å². The molecule has 0 radical (unpaired) electrons. The number of nitrogens with one attached hydrogen (secondary N) is 2. The van der Waals surface area contributed by atoms with Crippen molar-refractivity contribution in [3.63, 3.8) is 0 Å². The van der Waals surface area contributed by atoms with Crippen LogP contribution in [-0.4, -0.2) is 22.6 Å². The molecule has 4 heteroatoms. The highest BCUT2D eigenvalue weighted by Crippen LogP contribution is 2.66. The summed E-state index contributed by atoms with van der Waals surface area (Å²) in [5.41, 5.74) is 0. The van der Waals surface area contributed by atoms with E-state index < -0.39 is 0 Å². The molecule has 0 aliphatic heterocycles. The highest BCUT2D eigenvalue weighted by molar-refractivity contribution is 5.49. The molecule has 114 valence electrons. The van der Waals surface area contributed by atoms with E-state index in [2.05, 4.69) is 35.5 Å². The van der Waals surface area contributed by atoms with Gasteiger partial charge >= 0.3 is 0 Å². The zero-order valence-corrected chi connectivity index (χ0v) is 13.1. The number of aromatic nitrogens is 2. The molecule has 0 amide bonds. The van der Waals surface area contributed by atoms with Crippen LogP contribution in [0.25, 0.3) is 0 Å². The van der Waals surface area contributed by atoms with Crippen LogP contribution >= 0.6 is 0 Å². The summed E-state index contributed by atoms with van der Waals surface area (Å²) in [6, 6.07) is 2.77. The monoisotopic (exact) mass is 286 g/mol. The third kappa shape index (κ3) is 2.29. The summed E-state index contributed by atoms with van der Waals surface area (Å²) >= 11 is 0. The molecular weight excluding hydrogens is 260 g/mol. The van der Waals surface area contributed by atoms with Crippen molar-refractivity contribution in [2.24, 2.45) is 23.7 Å². The van der Waals surface area contributed by atoms with Crippen molar-refractivity contribution in [1.82, 2.24) is 9.97 Å². The predicted octanol–water partition coefficient (Wildman–Crippen LogP) is 3.32. The Balaban J connectivity index is 1.49. The van der Waals surface area contributed by atoms with Crippen LogP contribution in [0.2, 0.25) is 0 Å². The summed E-state index contributed by atoms with van der Waals surface area (Å²) in [6.07, 6.45) is 6.49. The second-order valence-corrected chi connectivity index (χ2v) is 6.99. The molecular formula is C17H26N4. The van der Waals surface area contributed by atoms with E-state index in [4.69, 9.17) is 4.98 Å². The fourth-order valence-electron chi connectivity index (χ4n) is 4.87. The van der Waals surface area contributed by atoms with E-state index in [0.29, 0.717) is 6.04 Å². The average molecular weight is 286 g/mol. The Morgan fingerprint density at radius 2 is 1.81 bits per heavy atom. The van der Waals surface area contributed by atoms with Crippen LogP contribution in [0.4, 0.5) is 11.6 Å². The van der Waals surface area contributed by atoms with Crippen LogP contribution in [0.1, 0.15) is 45.4 Å². The molecule has 3 aliphatic carbocycles. The van der Waals surface area contributed by atoms with Crippen LogP contribution in [0, 0.1) is 23.7 Å². The zero-order valence-electron chi connectivity index (χ0n) is 13.1. The van der Waals surface area contributed by atoms with Gasteiger partial charge in [-0.3, -0.25) is 0 Å². The smallest absolute Gasteiger partial charge is 0.133 e. The van der Waals surface area contributed by atoms with Crippen molar-refractivity contribution in [3.05, 3.63) is 11.9 Å². The molecule has 2 bridgehead atoms. The molecule has 1 heterocycles. The molecule has 2 N–H and O–H groups in total. The lowest BCUT2D eigenvalue weighted by molar-refractivity contribution is 0.456. The maximum absolute atomic E-state index is 4.72. The molecule has 4 nitrogen and oxygen atoms in total. The maximum Gasteiger partial charge on any atom is 0.133 e. The Kier molecular flexibility index (Phi) is 3.27. The Hall–Kier alpha value is -1.32. The number of hydrogen-bond donors (Lipinski definition) is 2. The molecule has 21 heavy (non-hydrogen) atoms. The Morgan fingerprint density at radius 3 is 2.48 bits per heavy atom. The van der Waals surface area contributed by atoms with Crippen molar-refractivity contribution in [2.45, 2.75) is 52.0 Å². The standard InChI is InChI=1S/C17H26N4/c1-3-5-12-19-13(18-4-2)9-14(20-12)21-17-15-10-6-7-11(8-10)16(15)17/h9-11,15-17H,3-8H2,1-2H3,(H2,18,19,20,21). The second kappa shape index (κ2) is 5.15. The number of hydrogen-bond acceptors (Lipinski definition) is 4. The van der Waals surface area contributed by atoms with Gasteiger partial charge in [0.2, 0.25) is 0 Å². The Morgan fingerprint density at radius 1 is 1.10 bits per heavy atom. The highest BCUT2D eigenvalue weighted by atomic mass is 15.1. The molecule has 3 fully saturated rings. The number of rotatable bonds is 6. The van der Waals surface area contributed by atoms with Crippen LogP contribution in [0.5, 0.6) is 0 Å². The number of anilines is 2. The number of fused-ring (bicyclic) bond motifs is 5. The Labute approximate surface area is 127 Å². The first kappa shape index (κ1) is 13.4. The largest absolute Gasteiger partial charge is 0.370 e. The highest BCUT2D eigenvalue weighted by Gasteiger charge is 2.65. The molecule has 0 aromatic carbocycles. The minimum absolute atomic E-state index is 0.690. The summed E-state index contributed by atoms with van der Waals surface area (Å²) in [7, 11) is 0. The van der Waals surface area contributed by atoms with Gasteiger partial charge in [-0.1, -0.05) is 6.92 Å². The van der Waals surface area contributed by atoms with Gasteiger partial charge in [0.1, 0.15) is 17.5 Å². The molecule has 0 saturated heterocycles. The van der Waals surface area contributed by atoms with Gasteiger partial charge in [0.05, 0.1) is 0 Å². The van der Waals surface area contributed by atoms with Gasteiger partial charge in [0.25, 0.3) is 0 Å². The van der Waals surface area contributed by atoms with Crippen LogP contribution in [0.3, 0.4) is 0 Å². The zero-order chi connectivity index (χ0) is 14.4. The maximum atomic E-state index is 4.72. The number of nitrogens with zero attached hydrogens (tertiary/aromatic N) is 2. The molecule has 0 spiro atoms. The van der Waals surface area contributed by atoms with E-state index in [-0.39, 0.29) is 0 Å². The average Bonchev–Trinajstić information content (AvgIpc) is 2.85. The molecule has 4 rings (SSSR count). The summed E-state index contributed by atoms with van der Waals surface area (Å²) in [4.78, 5) is 9.31. The fourth-order valence-corrected chi connectivity index (χ4v) is 4.87. The SMILES string of the molecule is CCCc1nc(NCC)cc(NC2C3C4CCC(C4)C23)n1. The van der Waals surface area contributed by atoms with E-state index >= 15 is 0 Å². The van der Waals surface area contributed by atoms with Gasteiger partial charge in [-0.2, -0.15) is 0 Å². The Bertz CT molecular complexity index is 489. The first-order valence-corrected chi connectivity index (χ1v) is 8.68. The summed E-state index contributed by atoms with van der Waals surface area (Å²) in [6.45, 7) is 5.19. The second-order valence-electron chi connectivity index (χ2n) is 6.99. The molecule has 4 atom stereocenters.